The molecule has 0 aromatic heterocycles. The van der Waals surface area contributed by atoms with Crippen molar-refractivity contribution < 1.29 is 9.90 Å². The number of benzene rings is 3. The Balaban J connectivity index is 1.93. The highest BCUT2D eigenvalue weighted by molar-refractivity contribution is 9.10. The normalized spacial score (nSPS) is 13.2. The zero-order valence-electron chi connectivity index (χ0n) is 13.7. The molecule has 25 heavy (non-hydrogen) atoms. The van der Waals surface area contributed by atoms with Gasteiger partial charge in [0.05, 0.1) is 12.0 Å². The minimum absolute atomic E-state index is 0.0418. The SMILES string of the molecule is O=C(c1ccccc1)[C@H](Cc1ccccc1)[C@@H](O)c1ccc(Br)cc1. The van der Waals surface area contributed by atoms with Crippen LogP contribution in [0.4, 0.5) is 0 Å². The maximum Gasteiger partial charge on any atom is 0.169 e. The Morgan fingerprint density at radius 3 is 2.00 bits per heavy atom. The molecule has 0 spiro atoms. The van der Waals surface area contributed by atoms with Gasteiger partial charge >= 0.3 is 0 Å². The highest BCUT2D eigenvalue weighted by Crippen LogP contribution is 2.29. The lowest BCUT2D eigenvalue weighted by Gasteiger charge is -2.23. The predicted octanol–water partition coefficient (Wildman–Crippen LogP) is 5.22. The average Bonchev–Trinajstić information content (AvgIpc) is 2.67. The number of aliphatic hydroxyl groups is 1. The van der Waals surface area contributed by atoms with Gasteiger partial charge in [-0.25, -0.2) is 0 Å². The van der Waals surface area contributed by atoms with Crippen molar-refractivity contribution in [1.29, 1.82) is 0 Å². The summed E-state index contributed by atoms with van der Waals surface area (Å²) in [6, 6.07) is 26.5. The van der Waals surface area contributed by atoms with E-state index in [2.05, 4.69) is 15.9 Å². The van der Waals surface area contributed by atoms with Crippen LogP contribution in [0.5, 0.6) is 0 Å². The van der Waals surface area contributed by atoms with Crippen LogP contribution in [0.15, 0.2) is 89.4 Å². The van der Waals surface area contributed by atoms with Gasteiger partial charge in [-0.3, -0.25) is 4.79 Å². The predicted molar refractivity (Wildman–Crippen MR) is 104 cm³/mol. The van der Waals surface area contributed by atoms with Gasteiger partial charge in [-0.15, -0.1) is 0 Å². The molecule has 0 aliphatic rings. The maximum absolute atomic E-state index is 13.1. The number of Topliss-reactive ketones (excluding diaryl/α,β-unsaturated/α-hetero) is 1. The van der Waals surface area contributed by atoms with Crippen LogP contribution < -0.4 is 0 Å². The molecule has 126 valence electrons. The number of carbonyl (C=O) groups is 1. The van der Waals surface area contributed by atoms with E-state index in [1.165, 1.54) is 0 Å². The molecule has 0 radical (unpaired) electrons. The van der Waals surface area contributed by atoms with E-state index in [-0.39, 0.29) is 5.78 Å². The number of rotatable bonds is 6. The third-order valence-electron chi connectivity index (χ3n) is 4.29. The third-order valence-corrected chi connectivity index (χ3v) is 4.81. The van der Waals surface area contributed by atoms with Crippen LogP contribution in [0.1, 0.15) is 27.6 Å². The second-order valence-electron chi connectivity index (χ2n) is 6.02. The van der Waals surface area contributed by atoms with Crippen LogP contribution in [-0.4, -0.2) is 10.9 Å². The first-order valence-corrected chi connectivity index (χ1v) is 9.01. The van der Waals surface area contributed by atoms with Gasteiger partial charge in [0.15, 0.2) is 5.78 Å². The van der Waals surface area contributed by atoms with Crippen LogP contribution in [0.25, 0.3) is 0 Å². The van der Waals surface area contributed by atoms with Crippen molar-refractivity contribution in [1.82, 2.24) is 0 Å². The molecule has 0 saturated heterocycles. The summed E-state index contributed by atoms with van der Waals surface area (Å²) in [7, 11) is 0. The molecule has 3 aromatic rings. The van der Waals surface area contributed by atoms with E-state index in [1.807, 2.05) is 72.8 Å². The molecule has 0 aliphatic heterocycles. The fraction of sp³-hybridized carbons (Fsp3) is 0.136. The van der Waals surface area contributed by atoms with Crippen molar-refractivity contribution in [2.24, 2.45) is 5.92 Å². The second kappa shape index (κ2) is 8.24. The number of ketones is 1. The fourth-order valence-electron chi connectivity index (χ4n) is 2.92. The molecule has 3 heteroatoms. The number of hydrogen-bond donors (Lipinski definition) is 1. The standard InChI is InChI=1S/C22H19BrO2/c23-19-13-11-18(12-14-19)22(25)20(15-16-7-3-1-4-8-16)21(24)17-9-5-2-6-10-17/h1-14,20,22,25H,15H2/t20-,22-/m0/s1. The Morgan fingerprint density at radius 1 is 0.840 bits per heavy atom. The molecule has 0 aliphatic carbocycles. The summed E-state index contributed by atoms with van der Waals surface area (Å²) >= 11 is 3.40. The van der Waals surface area contributed by atoms with E-state index in [9.17, 15) is 9.90 Å². The first-order valence-electron chi connectivity index (χ1n) is 8.22. The first kappa shape index (κ1) is 17.6. The zero-order valence-corrected chi connectivity index (χ0v) is 15.3. The van der Waals surface area contributed by atoms with Crippen LogP contribution in [-0.2, 0) is 6.42 Å². The van der Waals surface area contributed by atoms with Gasteiger partial charge in [-0.1, -0.05) is 88.7 Å². The number of hydrogen-bond acceptors (Lipinski definition) is 2. The monoisotopic (exact) mass is 394 g/mol. The summed E-state index contributed by atoms with van der Waals surface area (Å²) < 4.78 is 0.942. The minimum atomic E-state index is -0.860. The van der Waals surface area contributed by atoms with Gasteiger partial charge in [0, 0.05) is 10.0 Å². The largest absolute Gasteiger partial charge is 0.388 e. The minimum Gasteiger partial charge on any atom is -0.388 e. The first-order chi connectivity index (χ1) is 12.1. The Kier molecular flexibility index (Phi) is 5.79. The summed E-state index contributed by atoms with van der Waals surface area (Å²) in [6.45, 7) is 0. The molecule has 3 rings (SSSR count). The van der Waals surface area contributed by atoms with Crippen molar-refractivity contribution in [2.75, 3.05) is 0 Å². The van der Waals surface area contributed by atoms with Crippen molar-refractivity contribution in [3.63, 3.8) is 0 Å². The van der Waals surface area contributed by atoms with E-state index in [4.69, 9.17) is 0 Å². The van der Waals surface area contributed by atoms with E-state index >= 15 is 0 Å². The summed E-state index contributed by atoms with van der Waals surface area (Å²) in [5.41, 5.74) is 2.40. The van der Waals surface area contributed by atoms with Gasteiger partial charge in [0.2, 0.25) is 0 Å². The van der Waals surface area contributed by atoms with E-state index in [0.29, 0.717) is 12.0 Å². The van der Waals surface area contributed by atoms with Crippen LogP contribution in [0, 0.1) is 5.92 Å². The van der Waals surface area contributed by atoms with Gasteiger partial charge in [-0.2, -0.15) is 0 Å². The van der Waals surface area contributed by atoms with E-state index < -0.39 is 12.0 Å². The molecule has 0 fully saturated rings. The van der Waals surface area contributed by atoms with E-state index in [0.717, 1.165) is 15.6 Å². The molecule has 0 saturated carbocycles. The second-order valence-corrected chi connectivity index (χ2v) is 6.94. The average molecular weight is 395 g/mol. The summed E-state index contributed by atoms with van der Waals surface area (Å²) in [4.78, 5) is 13.1. The molecular formula is C22H19BrO2. The molecule has 2 nitrogen and oxygen atoms in total. The van der Waals surface area contributed by atoms with Gasteiger partial charge in [0.25, 0.3) is 0 Å². The summed E-state index contributed by atoms with van der Waals surface area (Å²) in [6.07, 6.45) is -0.368. The molecule has 2 atom stereocenters. The molecule has 0 unspecified atom stereocenters. The molecule has 3 aromatic carbocycles. The van der Waals surface area contributed by atoms with Crippen LogP contribution in [0.2, 0.25) is 0 Å². The van der Waals surface area contributed by atoms with Crippen molar-refractivity contribution in [2.45, 2.75) is 12.5 Å². The number of aliphatic hydroxyl groups excluding tert-OH is 1. The molecule has 1 N–H and O–H groups in total. The molecular weight excluding hydrogens is 376 g/mol. The molecule has 0 bridgehead atoms. The smallest absolute Gasteiger partial charge is 0.169 e. The third kappa shape index (κ3) is 4.44. The van der Waals surface area contributed by atoms with Crippen LogP contribution >= 0.6 is 15.9 Å². The molecule has 0 amide bonds. The number of carbonyl (C=O) groups excluding carboxylic acids is 1. The lowest BCUT2D eigenvalue weighted by atomic mass is 9.84. The lowest BCUT2D eigenvalue weighted by molar-refractivity contribution is 0.0676. The summed E-state index contributed by atoms with van der Waals surface area (Å²) in [5, 5.41) is 10.9. The van der Waals surface area contributed by atoms with Gasteiger partial charge in [0.1, 0.15) is 0 Å². The highest BCUT2D eigenvalue weighted by Gasteiger charge is 2.29. The van der Waals surface area contributed by atoms with Crippen LogP contribution in [0.3, 0.4) is 0 Å². The van der Waals surface area contributed by atoms with Crippen molar-refractivity contribution in [3.05, 3.63) is 106 Å². The highest BCUT2D eigenvalue weighted by atomic mass is 79.9. The Hall–Kier alpha value is -2.23. The van der Waals surface area contributed by atoms with Gasteiger partial charge in [-0.05, 0) is 29.7 Å². The van der Waals surface area contributed by atoms with Crippen molar-refractivity contribution in [3.8, 4) is 0 Å². The van der Waals surface area contributed by atoms with Crippen molar-refractivity contribution >= 4 is 21.7 Å². The topological polar surface area (TPSA) is 37.3 Å². The zero-order chi connectivity index (χ0) is 17.6. The molecule has 0 heterocycles. The Bertz CT molecular complexity index is 814. The summed E-state index contributed by atoms with van der Waals surface area (Å²) in [5.74, 6) is -0.578. The Morgan fingerprint density at radius 2 is 1.40 bits per heavy atom. The quantitative estimate of drug-likeness (QED) is 0.581. The fourth-order valence-corrected chi connectivity index (χ4v) is 3.19. The number of halogens is 1. The lowest BCUT2D eigenvalue weighted by Crippen LogP contribution is -2.25. The van der Waals surface area contributed by atoms with E-state index in [1.54, 1.807) is 12.1 Å². The van der Waals surface area contributed by atoms with Gasteiger partial charge < -0.3 is 5.11 Å². The maximum atomic E-state index is 13.1. The Labute approximate surface area is 156 Å².